The maximum absolute atomic E-state index is 11.9. The van der Waals surface area contributed by atoms with Gasteiger partial charge in [-0.15, -0.1) is 0 Å². The average molecular weight is 259 g/mol. The van der Waals surface area contributed by atoms with Crippen molar-refractivity contribution in [3.05, 3.63) is 0 Å². The molecule has 106 valence electrons. The van der Waals surface area contributed by atoms with E-state index < -0.39 is 23.6 Å². The topological polar surface area (TPSA) is 64.6 Å². The summed E-state index contributed by atoms with van der Waals surface area (Å²) in [5.41, 5.74) is -0.504. The van der Waals surface area contributed by atoms with Gasteiger partial charge in [-0.05, 0) is 20.3 Å². The van der Waals surface area contributed by atoms with Gasteiger partial charge in [0.1, 0.15) is 0 Å². The molecule has 0 aromatic heterocycles. The number of carbonyl (C=O) groups is 2. The summed E-state index contributed by atoms with van der Waals surface area (Å²) in [6, 6.07) is 0. The van der Waals surface area contributed by atoms with Crippen molar-refractivity contribution in [2.75, 3.05) is 6.54 Å². The normalized spacial score (nSPS) is 13.1. The summed E-state index contributed by atoms with van der Waals surface area (Å²) in [7, 11) is 0. The fourth-order valence-electron chi connectivity index (χ4n) is 1.25. The zero-order valence-corrected chi connectivity index (χ0v) is 12.2. The van der Waals surface area contributed by atoms with Gasteiger partial charge in [0.25, 0.3) is 0 Å². The van der Waals surface area contributed by atoms with Crippen LogP contribution in [0, 0.1) is 5.41 Å². The highest BCUT2D eigenvalue weighted by Crippen LogP contribution is 2.24. The van der Waals surface area contributed by atoms with Crippen molar-refractivity contribution in [1.82, 2.24) is 5.32 Å². The number of nitrogens with one attached hydrogen (secondary N) is 1. The van der Waals surface area contributed by atoms with Gasteiger partial charge in [-0.3, -0.25) is 0 Å². The highest BCUT2D eigenvalue weighted by atomic mass is 16.6. The quantitative estimate of drug-likeness (QED) is 0.770. The standard InChI is InChI=1S/C13H25NO4/c1-7-8-14-12(16)18-10(13(4,5)6)11(15)17-9(2)3/h9-10H,7-8H2,1-6H3,(H,14,16)/t10-/m1/s1. The maximum atomic E-state index is 11.9. The van der Waals surface area contributed by atoms with Crippen LogP contribution in [0.15, 0.2) is 0 Å². The van der Waals surface area contributed by atoms with Crippen LogP contribution in [-0.2, 0) is 14.3 Å². The molecule has 0 aliphatic carbocycles. The van der Waals surface area contributed by atoms with E-state index >= 15 is 0 Å². The highest BCUT2D eigenvalue weighted by molar-refractivity contribution is 5.79. The summed E-state index contributed by atoms with van der Waals surface area (Å²) in [6.45, 7) is 11.5. The number of carbonyl (C=O) groups excluding carboxylic acids is 2. The van der Waals surface area contributed by atoms with Crippen molar-refractivity contribution < 1.29 is 19.1 Å². The lowest BCUT2D eigenvalue weighted by atomic mass is 9.89. The molecule has 18 heavy (non-hydrogen) atoms. The predicted molar refractivity (Wildman–Crippen MR) is 69.2 cm³/mol. The van der Waals surface area contributed by atoms with E-state index in [2.05, 4.69) is 5.32 Å². The average Bonchev–Trinajstić information content (AvgIpc) is 2.20. The third-order valence-electron chi connectivity index (χ3n) is 2.10. The zero-order chi connectivity index (χ0) is 14.3. The lowest BCUT2D eigenvalue weighted by molar-refractivity contribution is -0.163. The molecule has 1 amide bonds. The first-order valence-electron chi connectivity index (χ1n) is 6.33. The molecule has 1 N–H and O–H groups in total. The van der Waals surface area contributed by atoms with Crippen molar-refractivity contribution >= 4 is 12.1 Å². The van der Waals surface area contributed by atoms with E-state index in [4.69, 9.17) is 9.47 Å². The third kappa shape index (κ3) is 6.47. The minimum atomic E-state index is -0.906. The molecule has 0 saturated heterocycles. The van der Waals surface area contributed by atoms with Crippen molar-refractivity contribution in [2.24, 2.45) is 5.41 Å². The van der Waals surface area contributed by atoms with Crippen molar-refractivity contribution in [3.63, 3.8) is 0 Å². The Labute approximate surface area is 109 Å². The van der Waals surface area contributed by atoms with E-state index in [1.165, 1.54) is 0 Å². The Morgan fingerprint density at radius 2 is 1.72 bits per heavy atom. The zero-order valence-electron chi connectivity index (χ0n) is 12.2. The Hall–Kier alpha value is -1.26. The Balaban J connectivity index is 4.60. The third-order valence-corrected chi connectivity index (χ3v) is 2.10. The maximum Gasteiger partial charge on any atom is 0.408 e. The predicted octanol–water partition coefficient (Wildman–Crippen LogP) is 2.49. The molecule has 0 aromatic carbocycles. The first-order chi connectivity index (χ1) is 8.18. The van der Waals surface area contributed by atoms with Crippen molar-refractivity contribution in [2.45, 2.75) is 60.2 Å². The van der Waals surface area contributed by atoms with Gasteiger partial charge in [0.2, 0.25) is 6.10 Å². The van der Waals surface area contributed by atoms with Gasteiger partial charge in [-0.2, -0.15) is 0 Å². The van der Waals surface area contributed by atoms with Gasteiger partial charge in [0, 0.05) is 12.0 Å². The number of esters is 1. The van der Waals surface area contributed by atoms with E-state index in [-0.39, 0.29) is 6.10 Å². The lowest BCUT2D eigenvalue weighted by Gasteiger charge is -2.28. The molecule has 0 heterocycles. The molecule has 0 spiro atoms. The van der Waals surface area contributed by atoms with Crippen LogP contribution in [0.3, 0.4) is 0 Å². The first-order valence-corrected chi connectivity index (χ1v) is 6.33. The van der Waals surface area contributed by atoms with Gasteiger partial charge < -0.3 is 14.8 Å². The molecule has 0 rings (SSSR count). The number of alkyl carbamates (subject to hydrolysis) is 1. The summed E-state index contributed by atoms with van der Waals surface area (Å²) in [4.78, 5) is 23.4. The van der Waals surface area contributed by atoms with Gasteiger partial charge in [-0.25, -0.2) is 9.59 Å². The van der Waals surface area contributed by atoms with Gasteiger partial charge in [-0.1, -0.05) is 27.7 Å². The smallest absolute Gasteiger partial charge is 0.408 e. The van der Waals surface area contributed by atoms with Crippen LogP contribution in [0.25, 0.3) is 0 Å². The first kappa shape index (κ1) is 16.7. The lowest BCUT2D eigenvalue weighted by Crippen LogP contribution is -2.43. The van der Waals surface area contributed by atoms with E-state index in [1.54, 1.807) is 13.8 Å². The van der Waals surface area contributed by atoms with Crippen LogP contribution >= 0.6 is 0 Å². The largest absolute Gasteiger partial charge is 0.460 e. The Kier molecular flexibility index (Phi) is 6.73. The van der Waals surface area contributed by atoms with Gasteiger partial charge in [0.15, 0.2) is 0 Å². The molecule has 5 heteroatoms. The molecule has 5 nitrogen and oxygen atoms in total. The molecule has 0 aliphatic heterocycles. The molecule has 0 bridgehead atoms. The SMILES string of the molecule is CCCNC(=O)O[C@H](C(=O)OC(C)C)C(C)(C)C. The molecule has 0 aromatic rings. The second-order valence-corrected chi connectivity index (χ2v) is 5.56. The summed E-state index contributed by atoms with van der Waals surface area (Å²) in [5.74, 6) is -0.510. The van der Waals surface area contributed by atoms with Gasteiger partial charge >= 0.3 is 12.1 Å². The second kappa shape index (κ2) is 7.24. The second-order valence-electron chi connectivity index (χ2n) is 5.56. The van der Waals surface area contributed by atoms with Crippen molar-refractivity contribution in [1.29, 1.82) is 0 Å². The summed E-state index contributed by atoms with van der Waals surface area (Å²) in [6.07, 6.45) is -0.912. The molecular formula is C13H25NO4. The fourth-order valence-corrected chi connectivity index (χ4v) is 1.25. The molecule has 0 radical (unpaired) electrons. The Morgan fingerprint density at radius 3 is 2.11 bits per heavy atom. The molecule has 0 saturated carbocycles. The van der Waals surface area contributed by atoms with Crippen LogP contribution in [0.2, 0.25) is 0 Å². The minimum Gasteiger partial charge on any atom is -0.460 e. The monoisotopic (exact) mass is 259 g/mol. The molecule has 1 atom stereocenters. The van der Waals surface area contributed by atoms with E-state index in [9.17, 15) is 9.59 Å². The molecule has 0 fully saturated rings. The Bertz CT molecular complexity index is 281. The van der Waals surface area contributed by atoms with Crippen LogP contribution < -0.4 is 5.32 Å². The Morgan fingerprint density at radius 1 is 1.17 bits per heavy atom. The van der Waals surface area contributed by atoms with Gasteiger partial charge in [0.05, 0.1) is 6.10 Å². The number of amides is 1. The number of hydrogen-bond donors (Lipinski definition) is 1. The van der Waals surface area contributed by atoms with Crippen LogP contribution in [0.4, 0.5) is 4.79 Å². The van der Waals surface area contributed by atoms with Crippen LogP contribution in [-0.4, -0.2) is 30.8 Å². The summed E-state index contributed by atoms with van der Waals surface area (Å²) in [5, 5.41) is 2.57. The highest BCUT2D eigenvalue weighted by Gasteiger charge is 2.36. The number of hydrogen-bond acceptors (Lipinski definition) is 4. The van der Waals surface area contributed by atoms with Crippen LogP contribution in [0.1, 0.15) is 48.0 Å². The van der Waals surface area contributed by atoms with E-state index in [0.29, 0.717) is 6.54 Å². The van der Waals surface area contributed by atoms with Crippen molar-refractivity contribution in [3.8, 4) is 0 Å². The van der Waals surface area contributed by atoms with Crippen LogP contribution in [0.5, 0.6) is 0 Å². The van der Waals surface area contributed by atoms with E-state index in [0.717, 1.165) is 6.42 Å². The number of ether oxygens (including phenoxy) is 2. The molecule has 0 unspecified atom stereocenters. The summed E-state index contributed by atoms with van der Waals surface area (Å²) >= 11 is 0. The minimum absolute atomic E-state index is 0.232. The summed E-state index contributed by atoms with van der Waals surface area (Å²) < 4.78 is 10.3. The molecular weight excluding hydrogens is 234 g/mol. The fraction of sp³-hybridized carbons (Fsp3) is 0.846. The molecule has 0 aliphatic rings. The number of rotatable bonds is 5. The van der Waals surface area contributed by atoms with E-state index in [1.807, 2.05) is 27.7 Å².